The summed E-state index contributed by atoms with van der Waals surface area (Å²) in [4.78, 5) is 12.2. The third-order valence-electron chi connectivity index (χ3n) is 3.10. The second kappa shape index (κ2) is 7.77. The Balaban J connectivity index is 2.17. The zero-order valence-electron chi connectivity index (χ0n) is 12.5. The van der Waals surface area contributed by atoms with Crippen molar-refractivity contribution < 1.29 is 14.3 Å². The van der Waals surface area contributed by atoms with E-state index in [1.807, 2.05) is 0 Å². The Morgan fingerprint density at radius 3 is 2.26 bits per heavy atom. The van der Waals surface area contributed by atoms with E-state index in [-0.39, 0.29) is 12.3 Å². The minimum absolute atomic E-state index is 0.144. The van der Waals surface area contributed by atoms with E-state index in [0.29, 0.717) is 32.3 Å². The van der Waals surface area contributed by atoms with Crippen LogP contribution in [0.1, 0.15) is 5.56 Å². The number of hydrogen-bond acceptors (Lipinski definition) is 3. The van der Waals surface area contributed by atoms with Gasteiger partial charge in [0, 0.05) is 12.1 Å². The van der Waals surface area contributed by atoms with Crippen molar-refractivity contribution in [2.75, 3.05) is 19.5 Å². The number of methoxy groups -OCH3 is 2. The Bertz CT molecular complexity index is 735. The Labute approximate surface area is 149 Å². The van der Waals surface area contributed by atoms with Crippen LogP contribution in [0.15, 0.2) is 30.3 Å². The molecule has 0 unspecified atom stereocenters. The maximum atomic E-state index is 12.2. The summed E-state index contributed by atoms with van der Waals surface area (Å²) in [6.07, 6.45) is 0.144. The topological polar surface area (TPSA) is 47.6 Å². The van der Waals surface area contributed by atoms with E-state index in [4.69, 9.17) is 44.3 Å². The standard InChI is InChI=1S/C16H14Cl3NO3/c1-22-14-8-13(15(23-2)7-12(14)19)20-16(21)6-9-3-4-10(17)11(18)5-9/h3-5,7-8H,6H2,1-2H3,(H,20,21). The number of carbonyl (C=O) groups excluding carboxylic acids is 1. The lowest BCUT2D eigenvalue weighted by Gasteiger charge is -2.13. The molecule has 0 fully saturated rings. The highest BCUT2D eigenvalue weighted by Crippen LogP contribution is 2.36. The van der Waals surface area contributed by atoms with Crippen LogP contribution in [0.2, 0.25) is 15.1 Å². The molecular weight excluding hydrogens is 361 g/mol. The summed E-state index contributed by atoms with van der Waals surface area (Å²) >= 11 is 17.8. The summed E-state index contributed by atoms with van der Waals surface area (Å²) < 4.78 is 10.4. The van der Waals surface area contributed by atoms with Crippen LogP contribution in [-0.2, 0) is 11.2 Å². The Morgan fingerprint density at radius 2 is 1.65 bits per heavy atom. The number of anilines is 1. The fourth-order valence-corrected chi connectivity index (χ4v) is 2.54. The molecule has 1 N–H and O–H groups in total. The van der Waals surface area contributed by atoms with Crippen LogP contribution in [0.3, 0.4) is 0 Å². The van der Waals surface area contributed by atoms with Crippen LogP contribution in [-0.4, -0.2) is 20.1 Å². The van der Waals surface area contributed by atoms with E-state index < -0.39 is 0 Å². The second-order valence-electron chi connectivity index (χ2n) is 4.66. The van der Waals surface area contributed by atoms with Crippen LogP contribution in [0, 0.1) is 0 Å². The summed E-state index contributed by atoms with van der Waals surface area (Å²) in [6, 6.07) is 8.23. The molecule has 0 saturated carbocycles. The van der Waals surface area contributed by atoms with Crippen LogP contribution in [0.5, 0.6) is 11.5 Å². The van der Waals surface area contributed by atoms with E-state index in [1.54, 1.807) is 30.3 Å². The maximum absolute atomic E-state index is 12.2. The highest BCUT2D eigenvalue weighted by molar-refractivity contribution is 6.42. The van der Waals surface area contributed by atoms with Gasteiger partial charge in [-0.1, -0.05) is 40.9 Å². The van der Waals surface area contributed by atoms with Crippen molar-refractivity contribution in [2.24, 2.45) is 0 Å². The Morgan fingerprint density at radius 1 is 0.957 bits per heavy atom. The van der Waals surface area contributed by atoms with Crippen molar-refractivity contribution in [3.8, 4) is 11.5 Å². The molecule has 0 bridgehead atoms. The molecule has 23 heavy (non-hydrogen) atoms. The largest absolute Gasteiger partial charge is 0.495 e. The summed E-state index contributed by atoms with van der Waals surface area (Å²) in [5.41, 5.74) is 1.22. The van der Waals surface area contributed by atoms with Gasteiger partial charge in [-0.25, -0.2) is 0 Å². The van der Waals surface area contributed by atoms with E-state index in [1.165, 1.54) is 14.2 Å². The predicted octanol–water partition coefficient (Wildman–Crippen LogP) is 4.85. The number of amides is 1. The van der Waals surface area contributed by atoms with E-state index in [0.717, 1.165) is 5.56 Å². The molecule has 0 aliphatic heterocycles. The molecule has 2 aromatic rings. The molecule has 0 aliphatic rings. The minimum Gasteiger partial charge on any atom is -0.495 e. The lowest BCUT2D eigenvalue weighted by atomic mass is 10.1. The molecule has 1 amide bonds. The first-order valence-electron chi connectivity index (χ1n) is 6.60. The molecule has 0 atom stereocenters. The first-order valence-corrected chi connectivity index (χ1v) is 7.73. The van der Waals surface area contributed by atoms with Crippen LogP contribution >= 0.6 is 34.8 Å². The van der Waals surface area contributed by atoms with Crippen molar-refractivity contribution in [1.82, 2.24) is 0 Å². The SMILES string of the molecule is COc1cc(NC(=O)Cc2ccc(Cl)c(Cl)c2)c(OC)cc1Cl. The highest BCUT2D eigenvalue weighted by atomic mass is 35.5. The van der Waals surface area contributed by atoms with Gasteiger partial charge in [0.15, 0.2) is 0 Å². The lowest BCUT2D eigenvalue weighted by Crippen LogP contribution is -2.15. The van der Waals surface area contributed by atoms with Gasteiger partial charge in [-0.2, -0.15) is 0 Å². The van der Waals surface area contributed by atoms with E-state index in [9.17, 15) is 4.79 Å². The van der Waals surface area contributed by atoms with E-state index >= 15 is 0 Å². The van der Waals surface area contributed by atoms with Crippen LogP contribution < -0.4 is 14.8 Å². The monoisotopic (exact) mass is 373 g/mol. The van der Waals surface area contributed by atoms with Gasteiger partial charge < -0.3 is 14.8 Å². The number of ether oxygens (including phenoxy) is 2. The second-order valence-corrected chi connectivity index (χ2v) is 5.88. The maximum Gasteiger partial charge on any atom is 0.228 e. The number of hydrogen-bond donors (Lipinski definition) is 1. The average molecular weight is 375 g/mol. The quantitative estimate of drug-likeness (QED) is 0.814. The third kappa shape index (κ3) is 4.44. The molecule has 0 radical (unpaired) electrons. The molecule has 7 heteroatoms. The Hall–Kier alpha value is -1.62. The van der Waals surface area contributed by atoms with Gasteiger partial charge in [-0.05, 0) is 17.7 Å². The number of rotatable bonds is 5. The molecule has 4 nitrogen and oxygen atoms in total. The van der Waals surface area contributed by atoms with Gasteiger partial charge in [0.05, 0.1) is 41.4 Å². The molecule has 0 aliphatic carbocycles. The fourth-order valence-electron chi connectivity index (χ4n) is 1.99. The van der Waals surface area contributed by atoms with Crippen molar-refractivity contribution in [2.45, 2.75) is 6.42 Å². The zero-order valence-corrected chi connectivity index (χ0v) is 14.7. The highest BCUT2D eigenvalue weighted by Gasteiger charge is 2.13. The molecule has 0 spiro atoms. The first kappa shape index (κ1) is 17.7. The normalized spacial score (nSPS) is 10.3. The molecule has 0 heterocycles. The predicted molar refractivity (Wildman–Crippen MR) is 93.4 cm³/mol. The van der Waals surface area contributed by atoms with Crippen molar-refractivity contribution in [3.63, 3.8) is 0 Å². The van der Waals surface area contributed by atoms with Crippen molar-refractivity contribution >= 4 is 46.4 Å². The number of carbonyl (C=O) groups is 1. The van der Waals surface area contributed by atoms with Gasteiger partial charge in [-0.15, -0.1) is 0 Å². The Kier molecular flexibility index (Phi) is 5.99. The first-order chi connectivity index (χ1) is 10.9. The molecule has 122 valence electrons. The zero-order chi connectivity index (χ0) is 17.0. The molecule has 0 aromatic heterocycles. The average Bonchev–Trinajstić information content (AvgIpc) is 2.52. The summed E-state index contributed by atoms with van der Waals surface area (Å²) in [6.45, 7) is 0. The van der Waals surface area contributed by atoms with Gasteiger partial charge in [0.1, 0.15) is 11.5 Å². The summed E-state index contributed by atoms with van der Waals surface area (Å²) in [5.74, 6) is 0.654. The summed E-state index contributed by atoms with van der Waals surface area (Å²) in [7, 11) is 2.99. The van der Waals surface area contributed by atoms with Gasteiger partial charge in [0.2, 0.25) is 5.91 Å². The number of benzene rings is 2. The minimum atomic E-state index is -0.230. The van der Waals surface area contributed by atoms with Gasteiger partial charge in [0.25, 0.3) is 0 Å². The molecule has 0 saturated heterocycles. The van der Waals surface area contributed by atoms with Crippen LogP contribution in [0.25, 0.3) is 0 Å². The molecule has 2 rings (SSSR count). The number of nitrogens with one attached hydrogen (secondary N) is 1. The summed E-state index contributed by atoms with van der Waals surface area (Å²) in [5, 5.41) is 4.01. The van der Waals surface area contributed by atoms with Crippen LogP contribution in [0.4, 0.5) is 5.69 Å². The molecular formula is C16H14Cl3NO3. The fraction of sp³-hybridized carbons (Fsp3) is 0.188. The number of halogens is 3. The lowest BCUT2D eigenvalue weighted by molar-refractivity contribution is -0.115. The molecule has 2 aromatic carbocycles. The van der Waals surface area contributed by atoms with Gasteiger partial charge >= 0.3 is 0 Å². The van der Waals surface area contributed by atoms with Crippen molar-refractivity contribution in [1.29, 1.82) is 0 Å². The van der Waals surface area contributed by atoms with Crippen molar-refractivity contribution in [3.05, 3.63) is 51.0 Å². The van der Waals surface area contributed by atoms with Gasteiger partial charge in [-0.3, -0.25) is 4.79 Å². The third-order valence-corrected chi connectivity index (χ3v) is 4.13. The van der Waals surface area contributed by atoms with E-state index in [2.05, 4.69) is 5.32 Å². The smallest absolute Gasteiger partial charge is 0.228 e.